The van der Waals surface area contributed by atoms with Crippen LogP contribution in [0.25, 0.3) is 0 Å². The van der Waals surface area contributed by atoms with Crippen molar-refractivity contribution in [3.63, 3.8) is 0 Å². The molecule has 0 N–H and O–H groups in total. The Hall–Kier alpha value is 1.81. The van der Waals surface area contributed by atoms with Crippen LogP contribution in [0.2, 0.25) is 0 Å². The topological polar surface area (TPSA) is 17.1 Å². The van der Waals surface area contributed by atoms with Gasteiger partial charge in [-0.25, -0.2) is 0 Å². The Labute approximate surface area is 69.1 Å². The fourth-order valence-corrected chi connectivity index (χ4v) is 0. The molecule has 42 valence electrons. The Kier molecular flexibility index (Phi) is 238. The quantitative estimate of drug-likeness (QED) is 0.545. The molecule has 0 amide bonds. The molecule has 5 heteroatoms. The van der Waals surface area contributed by atoms with Crippen LogP contribution in [0.4, 0.5) is 0 Å². The normalized spacial score (nSPS) is 1.00. The zero-order valence-corrected chi connectivity index (χ0v) is 5.95. The molecule has 0 fully saturated rings. The first-order chi connectivity index (χ1) is 1.00. The summed E-state index contributed by atoms with van der Waals surface area (Å²) in [5.41, 5.74) is 0. The van der Waals surface area contributed by atoms with E-state index in [-0.39, 0.29) is 50.1 Å². The zero-order valence-electron chi connectivity index (χ0n) is 1.75. The fourth-order valence-electron chi connectivity index (χ4n) is 0. The molecule has 0 spiro atoms. The van der Waals surface area contributed by atoms with Crippen LogP contribution < -0.4 is 0 Å². The van der Waals surface area contributed by atoms with E-state index < -0.39 is 0 Å². The third-order valence-corrected chi connectivity index (χ3v) is 0. The minimum absolute atomic E-state index is 0. The second-order valence-electron chi connectivity index (χ2n) is 0. The maximum atomic E-state index is 7.94. The molecule has 1 nitrogen and oxygen atoms in total. The van der Waals surface area contributed by atoms with E-state index in [0.717, 1.165) is 0 Å². The van der Waals surface area contributed by atoms with Gasteiger partial charge < -0.3 is 0 Å². The van der Waals surface area contributed by atoms with Crippen LogP contribution in [-0.4, -0.2) is 0 Å². The summed E-state index contributed by atoms with van der Waals surface area (Å²) in [4.78, 5) is 0. The van der Waals surface area contributed by atoms with Gasteiger partial charge in [0.05, 0.1) is 0 Å². The van der Waals surface area contributed by atoms with Gasteiger partial charge in [-0.1, -0.05) is 0 Å². The van der Waals surface area contributed by atoms with Gasteiger partial charge in [-0.3, -0.25) is 0 Å². The minimum atomic E-state index is 0. The first-order valence-corrected chi connectivity index (χ1v) is 0.561. The van der Waals surface area contributed by atoms with Crippen LogP contribution in [0.3, 0.4) is 0 Å². The Bertz CT molecular complexity index is 9.61. The van der Waals surface area contributed by atoms with Crippen molar-refractivity contribution in [3.05, 3.63) is 0 Å². The summed E-state index contributed by atoms with van der Waals surface area (Å²) in [6, 6.07) is 0. The number of rotatable bonds is 0. The van der Waals surface area contributed by atoms with Crippen molar-refractivity contribution in [3.8, 4) is 0 Å². The molecule has 0 aliphatic carbocycles. The molecule has 0 atom stereocenters. The molecule has 0 heterocycles. The zero-order chi connectivity index (χ0) is 2.00. The second-order valence-corrected chi connectivity index (χ2v) is 0. The van der Waals surface area contributed by atoms with E-state index in [2.05, 4.69) is 15.7 Å². The van der Waals surface area contributed by atoms with Crippen LogP contribution in [0, 0.1) is 0 Å². The van der Waals surface area contributed by atoms with E-state index >= 15 is 0 Å². The van der Waals surface area contributed by atoms with E-state index in [9.17, 15) is 0 Å². The van der Waals surface area contributed by atoms with Crippen LogP contribution in [0.1, 0.15) is 0 Å². The standard InChI is InChI=1S/Co.Mn.2Ni.O. The third kappa shape index (κ3) is 25.7. The van der Waals surface area contributed by atoms with Crippen molar-refractivity contribution in [2.75, 3.05) is 0 Å². The van der Waals surface area contributed by atoms with Crippen molar-refractivity contribution in [2.24, 2.45) is 0 Å². The molecule has 0 unspecified atom stereocenters. The number of hydrogen-bond donors (Lipinski definition) is 0. The summed E-state index contributed by atoms with van der Waals surface area (Å²) in [5.74, 6) is 0. The maximum absolute atomic E-state index is 7.94. The predicted molar refractivity (Wildman–Crippen MR) is 0.686 cm³/mol. The molecule has 0 aromatic rings. The molecule has 0 aliphatic heterocycles. The average Bonchev–Trinajstić information content (AvgIpc) is 1.00. The van der Waals surface area contributed by atoms with Crippen molar-refractivity contribution < 1.29 is 69.6 Å². The number of hydrogen-bond acceptors (Lipinski definition) is 1. The van der Waals surface area contributed by atoms with Crippen LogP contribution in [-0.2, 0) is 69.6 Å². The van der Waals surface area contributed by atoms with E-state index in [4.69, 9.17) is 3.87 Å². The van der Waals surface area contributed by atoms with Gasteiger partial charge in [0.25, 0.3) is 0 Å². The van der Waals surface area contributed by atoms with Crippen molar-refractivity contribution in [1.82, 2.24) is 0 Å². The summed E-state index contributed by atoms with van der Waals surface area (Å²) >= 11 is 2.31. The molecule has 0 aromatic carbocycles. The first kappa shape index (κ1) is 29.1. The molecular weight excluding hydrogens is 247 g/mol. The van der Waals surface area contributed by atoms with Crippen molar-refractivity contribution in [1.29, 1.82) is 0 Å². The van der Waals surface area contributed by atoms with Gasteiger partial charge >= 0.3 is 19.5 Å². The van der Waals surface area contributed by atoms with Gasteiger partial charge in [0, 0.05) is 50.1 Å². The van der Waals surface area contributed by atoms with Crippen molar-refractivity contribution in [2.45, 2.75) is 0 Å². The molecular formula is CoMnNi2O. The van der Waals surface area contributed by atoms with Crippen molar-refractivity contribution >= 4 is 0 Å². The fraction of sp³-hybridized carbons (Fsp3) is 0. The Morgan fingerprint density at radius 2 is 1.00 bits per heavy atom. The SMILES string of the molecule is [Mn].[Ni].[Ni].[O]=[Co]. The Morgan fingerprint density at radius 1 is 1.00 bits per heavy atom. The Morgan fingerprint density at radius 3 is 1.00 bits per heavy atom. The molecule has 5 heavy (non-hydrogen) atoms. The second kappa shape index (κ2) is 41.0. The van der Waals surface area contributed by atoms with Crippen LogP contribution in [0.5, 0.6) is 0 Å². The summed E-state index contributed by atoms with van der Waals surface area (Å²) in [5, 5.41) is 0. The van der Waals surface area contributed by atoms with E-state index in [1.807, 2.05) is 0 Å². The van der Waals surface area contributed by atoms with Gasteiger partial charge in [-0.05, 0) is 0 Å². The Balaban J connectivity index is -0.00000000167. The molecule has 1 radical (unpaired) electrons. The van der Waals surface area contributed by atoms with Gasteiger partial charge in [-0.15, -0.1) is 0 Å². The summed E-state index contributed by atoms with van der Waals surface area (Å²) in [6.45, 7) is 0. The van der Waals surface area contributed by atoms with Crippen LogP contribution in [0.15, 0.2) is 0 Å². The third-order valence-electron chi connectivity index (χ3n) is 0. The van der Waals surface area contributed by atoms with Gasteiger partial charge in [-0.2, -0.15) is 0 Å². The molecule has 0 saturated heterocycles. The molecule has 0 rings (SSSR count). The van der Waals surface area contributed by atoms with E-state index in [1.165, 1.54) is 0 Å². The molecule has 0 aromatic heterocycles. The average molecular weight is 247 g/mol. The van der Waals surface area contributed by atoms with Gasteiger partial charge in [0.2, 0.25) is 0 Å². The first-order valence-electron chi connectivity index (χ1n) is 0.136. The predicted octanol–water partition coefficient (Wildman–Crippen LogP) is -0.129. The summed E-state index contributed by atoms with van der Waals surface area (Å²) in [6.07, 6.45) is 0. The van der Waals surface area contributed by atoms with Gasteiger partial charge in [0.1, 0.15) is 0 Å². The van der Waals surface area contributed by atoms with E-state index in [1.54, 1.807) is 0 Å². The summed E-state index contributed by atoms with van der Waals surface area (Å²) < 4.78 is 7.94. The van der Waals surface area contributed by atoms with Crippen LogP contribution >= 0.6 is 0 Å². The van der Waals surface area contributed by atoms with Gasteiger partial charge in [0.15, 0.2) is 0 Å². The molecule has 0 aliphatic rings. The summed E-state index contributed by atoms with van der Waals surface area (Å²) in [7, 11) is 0. The molecule has 0 saturated carbocycles. The molecule has 0 bridgehead atoms. The van der Waals surface area contributed by atoms with E-state index in [0.29, 0.717) is 0 Å². The monoisotopic (exact) mass is 246 g/mol.